The molecule has 3 saturated carbocycles. The van der Waals surface area contributed by atoms with Crippen molar-refractivity contribution in [3.8, 4) is 0 Å². The van der Waals surface area contributed by atoms with Gasteiger partial charge in [0.25, 0.3) is 0 Å². The first-order valence-electron chi connectivity index (χ1n) is 9.01. The predicted molar refractivity (Wildman–Crippen MR) is 83.7 cm³/mol. The highest BCUT2D eigenvalue weighted by atomic mass is 16.3. The molecular formula is C19H30O2. The lowest BCUT2D eigenvalue weighted by atomic mass is 9.47. The average Bonchev–Trinajstić information content (AvgIpc) is 2.82. The normalized spacial score (nSPS) is 56.2. The molecule has 0 saturated heterocycles. The maximum absolute atomic E-state index is 10.8. The number of fused-ring (bicyclic) bond motifs is 5. The van der Waals surface area contributed by atoms with Crippen molar-refractivity contribution < 1.29 is 10.2 Å². The summed E-state index contributed by atoms with van der Waals surface area (Å²) in [5.41, 5.74) is 2.09. The molecule has 3 fully saturated rings. The van der Waals surface area contributed by atoms with Gasteiger partial charge in [0.15, 0.2) is 0 Å². The maximum Gasteiger partial charge on any atom is 0.0757 e. The van der Waals surface area contributed by atoms with Crippen molar-refractivity contribution in [3.05, 3.63) is 11.6 Å². The van der Waals surface area contributed by atoms with Crippen molar-refractivity contribution in [2.45, 2.75) is 77.4 Å². The van der Waals surface area contributed by atoms with Crippen molar-refractivity contribution in [3.63, 3.8) is 0 Å². The van der Waals surface area contributed by atoms with E-state index in [1.54, 1.807) is 0 Å². The van der Waals surface area contributed by atoms with Crippen molar-refractivity contribution in [2.24, 2.45) is 28.6 Å². The molecule has 0 radical (unpaired) electrons. The van der Waals surface area contributed by atoms with Gasteiger partial charge in [-0.25, -0.2) is 0 Å². The molecule has 0 aromatic rings. The van der Waals surface area contributed by atoms with E-state index >= 15 is 0 Å². The summed E-state index contributed by atoms with van der Waals surface area (Å²) >= 11 is 0. The van der Waals surface area contributed by atoms with Crippen LogP contribution in [0.5, 0.6) is 0 Å². The monoisotopic (exact) mass is 290 g/mol. The highest BCUT2D eigenvalue weighted by Gasteiger charge is 2.58. The molecule has 0 amide bonds. The SMILES string of the molecule is C[C@@]12CCC[C@H]1[C@@H]1C(O)C=C3C[C@H](O)CC[C@]3(C)[C@H]1CC2. The molecule has 0 heterocycles. The summed E-state index contributed by atoms with van der Waals surface area (Å²) in [5, 5.41) is 20.9. The van der Waals surface area contributed by atoms with Gasteiger partial charge >= 0.3 is 0 Å². The van der Waals surface area contributed by atoms with Crippen LogP contribution in [0.1, 0.15) is 65.2 Å². The zero-order valence-electron chi connectivity index (χ0n) is 13.5. The Bertz CT molecular complexity index is 470. The van der Waals surface area contributed by atoms with Gasteiger partial charge < -0.3 is 10.2 Å². The molecule has 2 heteroatoms. The Morgan fingerprint density at radius 1 is 1.00 bits per heavy atom. The van der Waals surface area contributed by atoms with Gasteiger partial charge in [-0.1, -0.05) is 31.9 Å². The van der Waals surface area contributed by atoms with E-state index in [-0.39, 0.29) is 17.6 Å². The topological polar surface area (TPSA) is 40.5 Å². The summed E-state index contributed by atoms with van der Waals surface area (Å²) in [6.45, 7) is 4.89. The van der Waals surface area contributed by atoms with Crippen molar-refractivity contribution in [1.82, 2.24) is 0 Å². The molecule has 118 valence electrons. The molecule has 2 nitrogen and oxygen atoms in total. The second kappa shape index (κ2) is 4.58. The lowest BCUT2D eigenvalue weighted by Gasteiger charge is -2.58. The predicted octanol–water partition coefficient (Wildman–Crippen LogP) is 3.67. The van der Waals surface area contributed by atoms with Crippen LogP contribution in [0.4, 0.5) is 0 Å². The van der Waals surface area contributed by atoms with E-state index in [9.17, 15) is 10.2 Å². The van der Waals surface area contributed by atoms with Crippen LogP contribution in [0.25, 0.3) is 0 Å². The third-order valence-electron chi connectivity index (χ3n) is 7.88. The van der Waals surface area contributed by atoms with Crippen molar-refractivity contribution in [2.75, 3.05) is 0 Å². The van der Waals surface area contributed by atoms with E-state index in [0.29, 0.717) is 23.2 Å². The summed E-state index contributed by atoms with van der Waals surface area (Å²) < 4.78 is 0. The molecule has 0 aromatic carbocycles. The third kappa shape index (κ3) is 1.91. The summed E-state index contributed by atoms with van der Waals surface area (Å²) in [7, 11) is 0. The van der Waals surface area contributed by atoms with Gasteiger partial charge in [-0.05, 0) is 73.5 Å². The molecule has 0 aromatic heterocycles. The maximum atomic E-state index is 10.8. The molecule has 0 bridgehead atoms. The van der Waals surface area contributed by atoms with Crippen LogP contribution in [0.2, 0.25) is 0 Å². The van der Waals surface area contributed by atoms with E-state index in [4.69, 9.17) is 0 Å². The molecule has 7 atom stereocenters. The van der Waals surface area contributed by atoms with Gasteiger partial charge in [0.2, 0.25) is 0 Å². The van der Waals surface area contributed by atoms with E-state index in [1.807, 2.05) is 0 Å². The highest BCUT2D eigenvalue weighted by Crippen LogP contribution is 2.64. The molecule has 4 rings (SSSR count). The Morgan fingerprint density at radius 2 is 1.81 bits per heavy atom. The average molecular weight is 290 g/mol. The van der Waals surface area contributed by atoms with Crippen molar-refractivity contribution in [1.29, 1.82) is 0 Å². The van der Waals surface area contributed by atoms with Gasteiger partial charge in [-0.2, -0.15) is 0 Å². The minimum Gasteiger partial charge on any atom is -0.393 e. The number of rotatable bonds is 0. The Labute approximate surface area is 128 Å². The third-order valence-corrected chi connectivity index (χ3v) is 7.88. The van der Waals surface area contributed by atoms with Crippen molar-refractivity contribution >= 4 is 0 Å². The van der Waals surface area contributed by atoms with Gasteiger partial charge in [0, 0.05) is 0 Å². The number of hydrogen-bond donors (Lipinski definition) is 2. The van der Waals surface area contributed by atoms with Crippen LogP contribution in [-0.2, 0) is 0 Å². The fourth-order valence-corrected chi connectivity index (χ4v) is 6.62. The minimum atomic E-state index is -0.272. The first kappa shape index (κ1) is 14.3. The van der Waals surface area contributed by atoms with Crippen LogP contribution in [0.15, 0.2) is 11.6 Å². The van der Waals surface area contributed by atoms with Gasteiger partial charge in [0.05, 0.1) is 12.2 Å². The summed E-state index contributed by atoms with van der Waals surface area (Å²) in [6.07, 6.45) is 11.2. The second-order valence-electron chi connectivity index (χ2n) is 8.87. The summed E-state index contributed by atoms with van der Waals surface area (Å²) in [6, 6.07) is 0. The minimum absolute atomic E-state index is 0.187. The van der Waals surface area contributed by atoms with E-state index in [2.05, 4.69) is 19.9 Å². The van der Waals surface area contributed by atoms with Crippen LogP contribution in [0, 0.1) is 28.6 Å². The molecule has 4 aliphatic carbocycles. The lowest BCUT2D eigenvalue weighted by molar-refractivity contribution is -0.0825. The quantitative estimate of drug-likeness (QED) is 0.668. The van der Waals surface area contributed by atoms with E-state index < -0.39 is 0 Å². The molecular weight excluding hydrogens is 260 g/mol. The molecule has 2 N–H and O–H groups in total. The van der Waals surface area contributed by atoms with E-state index in [1.165, 1.54) is 37.7 Å². The van der Waals surface area contributed by atoms with Crippen LogP contribution in [-0.4, -0.2) is 22.4 Å². The van der Waals surface area contributed by atoms with Gasteiger partial charge in [0.1, 0.15) is 0 Å². The zero-order valence-corrected chi connectivity index (χ0v) is 13.5. The number of aliphatic hydroxyl groups excluding tert-OH is 2. The smallest absolute Gasteiger partial charge is 0.0757 e. The van der Waals surface area contributed by atoms with Crippen LogP contribution in [0.3, 0.4) is 0 Å². The van der Waals surface area contributed by atoms with Crippen LogP contribution >= 0.6 is 0 Å². The largest absolute Gasteiger partial charge is 0.393 e. The Kier molecular flexibility index (Phi) is 3.11. The molecule has 1 unspecified atom stereocenters. The van der Waals surface area contributed by atoms with Gasteiger partial charge in [-0.3, -0.25) is 0 Å². The summed E-state index contributed by atoms with van der Waals surface area (Å²) in [5.74, 6) is 1.82. The first-order chi connectivity index (χ1) is 9.94. The molecule has 4 aliphatic rings. The first-order valence-corrected chi connectivity index (χ1v) is 9.01. The number of hydrogen-bond acceptors (Lipinski definition) is 2. The standard InChI is InChI=1S/C19H30O2/c1-18-7-3-4-14(18)17-15(6-8-18)19(2)9-5-13(20)10-12(19)11-16(17)21/h11,13-17,20-21H,3-10H2,1-2H3/t13-,14+,15+,16?,17+,18+,19+/m1/s1. The Morgan fingerprint density at radius 3 is 2.62 bits per heavy atom. The fourth-order valence-electron chi connectivity index (χ4n) is 6.62. The molecule has 0 spiro atoms. The highest BCUT2D eigenvalue weighted by molar-refractivity contribution is 5.27. The van der Waals surface area contributed by atoms with E-state index in [0.717, 1.165) is 19.3 Å². The zero-order chi connectivity index (χ0) is 14.8. The molecule has 21 heavy (non-hydrogen) atoms. The Hall–Kier alpha value is -0.340. The van der Waals surface area contributed by atoms with Gasteiger partial charge in [-0.15, -0.1) is 0 Å². The van der Waals surface area contributed by atoms with Crippen LogP contribution < -0.4 is 0 Å². The second-order valence-corrected chi connectivity index (χ2v) is 8.87. The lowest BCUT2D eigenvalue weighted by Crippen LogP contribution is -2.53. The Balaban J connectivity index is 1.73. The fraction of sp³-hybridized carbons (Fsp3) is 0.895. The summed E-state index contributed by atoms with van der Waals surface area (Å²) in [4.78, 5) is 0. The molecule has 0 aliphatic heterocycles. The number of aliphatic hydroxyl groups is 2.